The fourth-order valence-electron chi connectivity index (χ4n) is 2.04. The number of halogens is 2. The van der Waals surface area contributed by atoms with Gasteiger partial charge in [-0.1, -0.05) is 26.2 Å². The number of aliphatic hydroxyl groups is 1. The summed E-state index contributed by atoms with van der Waals surface area (Å²) in [6, 6.07) is 0. The third-order valence-electron chi connectivity index (χ3n) is 3.24. The molecule has 0 aromatic rings. The first-order valence-corrected chi connectivity index (χ1v) is 5.67. The molecule has 0 bridgehead atoms. The molecule has 0 saturated heterocycles. The molecule has 5 heteroatoms. The molecule has 0 unspecified atom stereocenters. The van der Waals surface area contributed by atoms with Crippen molar-refractivity contribution in [1.82, 2.24) is 5.32 Å². The van der Waals surface area contributed by atoms with E-state index < -0.39 is 24.5 Å². The summed E-state index contributed by atoms with van der Waals surface area (Å²) in [6.07, 6.45) is 4.56. The molecular formula is C11H19F2NO2. The summed E-state index contributed by atoms with van der Waals surface area (Å²) in [5, 5.41) is 10.6. The van der Waals surface area contributed by atoms with Crippen LogP contribution in [0, 0.1) is 5.41 Å². The lowest BCUT2D eigenvalue weighted by atomic mass is 9.75. The molecule has 0 spiro atoms. The molecule has 0 radical (unpaired) electrons. The molecule has 1 fully saturated rings. The number of alkyl halides is 2. The van der Waals surface area contributed by atoms with Crippen LogP contribution in [0.2, 0.25) is 0 Å². The monoisotopic (exact) mass is 235 g/mol. The lowest BCUT2D eigenvalue weighted by Crippen LogP contribution is -2.46. The summed E-state index contributed by atoms with van der Waals surface area (Å²) in [5.74, 6) is -3.54. The lowest BCUT2D eigenvalue weighted by molar-refractivity contribution is -0.134. The molecule has 1 amide bonds. The molecular weight excluding hydrogens is 216 g/mol. The maximum Gasteiger partial charge on any atom is 0.287 e. The molecule has 3 nitrogen and oxygen atoms in total. The average molecular weight is 235 g/mol. The zero-order valence-electron chi connectivity index (χ0n) is 9.56. The Morgan fingerprint density at radius 2 is 1.94 bits per heavy atom. The highest BCUT2D eigenvalue weighted by Crippen LogP contribution is 2.35. The van der Waals surface area contributed by atoms with Crippen LogP contribution in [-0.4, -0.2) is 30.1 Å². The topological polar surface area (TPSA) is 49.3 Å². The predicted molar refractivity (Wildman–Crippen MR) is 56.2 cm³/mol. The minimum absolute atomic E-state index is 0.319. The van der Waals surface area contributed by atoms with Crippen LogP contribution in [-0.2, 0) is 4.79 Å². The zero-order valence-corrected chi connectivity index (χ0v) is 9.56. The molecule has 1 aliphatic carbocycles. The summed E-state index contributed by atoms with van der Waals surface area (Å²) in [6.45, 7) is -0.194. The van der Waals surface area contributed by atoms with Gasteiger partial charge in [-0.15, -0.1) is 0 Å². The van der Waals surface area contributed by atoms with Crippen LogP contribution in [0.4, 0.5) is 8.78 Å². The number of amides is 1. The highest BCUT2D eigenvalue weighted by molar-refractivity contribution is 5.82. The van der Waals surface area contributed by atoms with E-state index in [1.807, 2.05) is 6.92 Å². The first kappa shape index (κ1) is 13.4. The van der Waals surface area contributed by atoms with Crippen molar-refractivity contribution in [3.63, 3.8) is 0 Å². The number of aliphatic hydroxyl groups excluding tert-OH is 1. The molecule has 0 aliphatic heterocycles. The standard InChI is InChI=1S/C11H19F2NO2/c1-10(5-3-2-4-6-10)9(16)14-7-11(12,13)8-15/h15H,2-8H2,1H3,(H,14,16). The van der Waals surface area contributed by atoms with E-state index in [-0.39, 0.29) is 5.91 Å². The van der Waals surface area contributed by atoms with Crippen molar-refractivity contribution in [2.45, 2.75) is 45.0 Å². The number of carbonyl (C=O) groups excluding carboxylic acids is 1. The Kier molecular flexibility index (Phi) is 4.24. The van der Waals surface area contributed by atoms with Gasteiger partial charge in [0.15, 0.2) is 0 Å². The second kappa shape index (κ2) is 5.08. The predicted octanol–water partition coefficient (Wildman–Crippen LogP) is 1.70. The molecule has 0 aromatic carbocycles. The number of hydrogen-bond donors (Lipinski definition) is 2. The Morgan fingerprint density at radius 3 is 2.44 bits per heavy atom. The second-order valence-electron chi connectivity index (χ2n) is 4.82. The third-order valence-corrected chi connectivity index (χ3v) is 3.24. The van der Waals surface area contributed by atoms with Gasteiger partial charge in [-0.05, 0) is 12.8 Å². The number of rotatable bonds is 4. The molecule has 2 N–H and O–H groups in total. The van der Waals surface area contributed by atoms with E-state index in [0.29, 0.717) is 0 Å². The molecule has 1 rings (SSSR count). The fraction of sp³-hybridized carbons (Fsp3) is 0.909. The summed E-state index contributed by atoms with van der Waals surface area (Å²) in [5.41, 5.74) is -0.510. The molecule has 94 valence electrons. The van der Waals surface area contributed by atoms with Crippen LogP contribution in [0.25, 0.3) is 0 Å². The molecule has 0 atom stereocenters. The maximum absolute atomic E-state index is 12.7. The fourth-order valence-corrected chi connectivity index (χ4v) is 2.04. The Morgan fingerprint density at radius 1 is 1.38 bits per heavy atom. The van der Waals surface area contributed by atoms with E-state index in [9.17, 15) is 13.6 Å². The molecule has 0 aromatic heterocycles. The smallest absolute Gasteiger partial charge is 0.287 e. The van der Waals surface area contributed by atoms with E-state index >= 15 is 0 Å². The summed E-state index contributed by atoms with van der Waals surface area (Å²) >= 11 is 0. The average Bonchev–Trinajstić information content (AvgIpc) is 2.27. The first-order chi connectivity index (χ1) is 7.40. The largest absolute Gasteiger partial charge is 0.390 e. The first-order valence-electron chi connectivity index (χ1n) is 5.67. The minimum Gasteiger partial charge on any atom is -0.390 e. The second-order valence-corrected chi connectivity index (χ2v) is 4.82. The van der Waals surface area contributed by atoms with Gasteiger partial charge in [0.2, 0.25) is 5.91 Å². The number of carbonyl (C=O) groups is 1. The van der Waals surface area contributed by atoms with Gasteiger partial charge in [0.05, 0.1) is 6.54 Å². The SMILES string of the molecule is CC1(C(=O)NCC(F)(F)CO)CCCCC1. The Balaban J connectivity index is 2.45. The van der Waals surface area contributed by atoms with Gasteiger partial charge >= 0.3 is 0 Å². The normalized spacial score (nSPS) is 20.5. The van der Waals surface area contributed by atoms with Crippen molar-refractivity contribution >= 4 is 5.91 Å². The van der Waals surface area contributed by atoms with Crippen molar-refractivity contribution in [2.75, 3.05) is 13.2 Å². The summed E-state index contributed by atoms with van der Waals surface area (Å²) < 4.78 is 25.5. The van der Waals surface area contributed by atoms with Crippen LogP contribution in [0.1, 0.15) is 39.0 Å². The summed E-state index contributed by atoms with van der Waals surface area (Å²) in [4.78, 5) is 11.8. The molecule has 1 saturated carbocycles. The molecule has 1 aliphatic rings. The Hall–Kier alpha value is -0.710. The summed E-state index contributed by atoms with van der Waals surface area (Å²) in [7, 11) is 0. The van der Waals surface area contributed by atoms with E-state index in [1.54, 1.807) is 0 Å². The van der Waals surface area contributed by atoms with E-state index in [0.717, 1.165) is 32.1 Å². The van der Waals surface area contributed by atoms with Gasteiger partial charge in [-0.2, -0.15) is 0 Å². The minimum atomic E-state index is -3.22. The van der Waals surface area contributed by atoms with Gasteiger partial charge < -0.3 is 10.4 Å². The van der Waals surface area contributed by atoms with Gasteiger partial charge in [-0.25, -0.2) is 8.78 Å². The van der Waals surface area contributed by atoms with Gasteiger partial charge in [0, 0.05) is 5.41 Å². The van der Waals surface area contributed by atoms with Crippen molar-refractivity contribution in [3.05, 3.63) is 0 Å². The number of hydrogen-bond acceptors (Lipinski definition) is 2. The van der Waals surface area contributed by atoms with E-state index in [1.165, 1.54) is 0 Å². The Bertz CT molecular complexity index is 250. The van der Waals surface area contributed by atoms with Crippen molar-refractivity contribution in [2.24, 2.45) is 5.41 Å². The van der Waals surface area contributed by atoms with Gasteiger partial charge in [0.1, 0.15) is 6.61 Å². The van der Waals surface area contributed by atoms with Crippen molar-refractivity contribution in [1.29, 1.82) is 0 Å². The number of nitrogens with one attached hydrogen (secondary N) is 1. The highest BCUT2D eigenvalue weighted by atomic mass is 19.3. The third kappa shape index (κ3) is 3.40. The van der Waals surface area contributed by atoms with E-state index in [4.69, 9.17) is 5.11 Å². The van der Waals surface area contributed by atoms with Crippen LogP contribution >= 0.6 is 0 Å². The van der Waals surface area contributed by atoms with Crippen LogP contribution in [0.5, 0.6) is 0 Å². The highest BCUT2D eigenvalue weighted by Gasteiger charge is 2.36. The van der Waals surface area contributed by atoms with Crippen LogP contribution < -0.4 is 5.32 Å². The lowest BCUT2D eigenvalue weighted by Gasteiger charge is -2.32. The molecule has 16 heavy (non-hydrogen) atoms. The van der Waals surface area contributed by atoms with Gasteiger partial charge in [0.25, 0.3) is 5.92 Å². The van der Waals surface area contributed by atoms with Crippen molar-refractivity contribution < 1.29 is 18.7 Å². The van der Waals surface area contributed by atoms with Crippen LogP contribution in [0.3, 0.4) is 0 Å². The van der Waals surface area contributed by atoms with Crippen molar-refractivity contribution in [3.8, 4) is 0 Å². The van der Waals surface area contributed by atoms with Gasteiger partial charge in [-0.3, -0.25) is 4.79 Å². The Labute approximate surface area is 94.2 Å². The zero-order chi connectivity index (χ0) is 12.2. The maximum atomic E-state index is 12.7. The van der Waals surface area contributed by atoms with Crippen LogP contribution in [0.15, 0.2) is 0 Å². The van der Waals surface area contributed by atoms with E-state index in [2.05, 4.69) is 5.32 Å². The molecule has 0 heterocycles. The quantitative estimate of drug-likeness (QED) is 0.779.